The smallest absolute Gasteiger partial charge is 0.325 e. The van der Waals surface area contributed by atoms with Crippen LogP contribution in [0.1, 0.15) is 17.9 Å². The first-order chi connectivity index (χ1) is 9.54. The fourth-order valence-corrected chi connectivity index (χ4v) is 3.95. The summed E-state index contributed by atoms with van der Waals surface area (Å²) in [7, 11) is 0. The van der Waals surface area contributed by atoms with Crippen molar-refractivity contribution in [1.82, 2.24) is 4.90 Å². The lowest BCUT2D eigenvalue weighted by atomic mass is 10.2. The molecule has 1 atom stereocenters. The van der Waals surface area contributed by atoms with E-state index in [2.05, 4.69) is 0 Å². The van der Waals surface area contributed by atoms with Crippen LogP contribution in [-0.4, -0.2) is 35.7 Å². The normalized spacial score (nSPS) is 18.4. The quantitative estimate of drug-likeness (QED) is 0.794. The molecule has 4 nitrogen and oxygen atoms in total. The molecule has 1 unspecified atom stereocenters. The predicted octanol–water partition coefficient (Wildman–Crippen LogP) is 3.13. The number of esters is 1. The van der Waals surface area contributed by atoms with E-state index in [0.29, 0.717) is 21.4 Å². The van der Waals surface area contributed by atoms with E-state index in [1.165, 1.54) is 16.7 Å². The summed E-state index contributed by atoms with van der Waals surface area (Å²) < 4.78 is 4.89. The Bertz CT molecular complexity index is 518. The van der Waals surface area contributed by atoms with Gasteiger partial charge in [0.25, 0.3) is 0 Å². The maximum atomic E-state index is 11.9. The first-order valence-electron chi connectivity index (χ1n) is 6.05. The molecule has 108 valence electrons. The van der Waals surface area contributed by atoms with E-state index >= 15 is 0 Å². The summed E-state index contributed by atoms with van der Waals surface area (Å²) in [5.41, 5.74) is 0.663. The van der Waals surface area contributed by atoms with E-state index in [4.69, 9.17) is 27.9 Å². The second kappa shape index (κ2) is 6.70. The van der Waals surface area contributed by atoms with E-state index < -0.39 is 5.97 Å². The van der Waals surface area contributed by atoms with Gasteiger partial charge in [-0.3, -0.25) is 9.59 Å². The van der Waals surface area contributed by atoms with Gasteiger partial charge in [0.15, 0.2) is 0 Å². The Morgan fingerprint density at radius 3 is 2.70 bits per heavy atom. The number of halogens is 2. The fraction of sp³-hybridized carbons (Fsp3) is 0.385. The summed E-state index contributed by atoms with van der Waals surface area (Å²) >= 11 is 13.7. The van der Waals surface area contributed by atoms with Crippen LogP contribution in [-0.2, 0) is 14.3 Å². The van der Waals surface area contributed by atoms with Crippen molar-refractivity contribution in [2.75, 3.05) is 18.9 Å². The molecule has 2 rings (SSSR count). The molecule has 7 heteroatoms. The molecule has 1 aromatic carbocycles. The van der Waals surface area contributed by atoms with Crippen molar-refractivity contribution < 1.29 is 14.3 Å². The molecule has 1 amide bonds. The summed E-state index contributed by atoms with van der Waals surface area (Å²) in [6.45, 7) is 1.91. The maximum Gasteiger partial charge on any atom is 0.325 e. The van der Waals surface area contributed by atoms with Crippen LogP contribution in [0.2, 0.25) is 10.0 Å². The lowest BCUT2D eigenvalue weighted by molar-refractivity contribution is -0.148. The van der Waals surface area contributed by atoms with Gasteiger partial charge in [-0.25, -0.2) is 0 Å². The molecule has 1 aliphatic rings. The minimum Gasteiger partial charge on any atom is -0.465 e. The van der Waals surface area contributed by atoms with Gasteiger partial charge in [0, 0.05) is 15.6 Å². The van der Waals surface area contributed by atoms with Gasteiger partial charge in [0.2, 0.25) is 5.91 Å². The number of thioether (sulfide) groups is 1. The van der Waals surface area contributed by atoms with Crippen LogP contribution in [0.3, 0.4) is 0 Å². The Kier molecular flexibility index (Phi) is 5.18. The van der Waals surface area contributed by atoms with Crippen molar-refractivity contribution in [3.05, 3.63) is 33.8 Å². The van der Waals surface area contributed by atoms with E-state index in [1.807, 2.05) is 0 Å². The number of rotatable bonds is 4. The Labute approximate surface area is 131 Å². The lowest BCUT2D eigenvalue weighted by Gasteiger charge is -2.24. The number of hydrogen-bond donors (Lipinski definition) is 0. The second-order valence-electron chi connectivity index (χ2n) is 4.13. The molecule has 20 heavy (non-hydrogen) atoms. The summed E-state index contributed by atoms with van der Waals surface area (Å²) in [5.74, 6) is -0.258. The van der Waals surface area contributed by atoms with Gasteiger partial charge in [-0.1, -0.05) is 29.3 Å². The summed E-state index contributed by atoms with van der Waals surface area (Å²) in [5, 5.41) is 0.616. The van der Waals surface area contributed by atoms with Crippen molar-refractivity contribution in [2.24, 2.45) is 0 Å². The summed E-state index contributed by atoms with van der Waals surface area (Å²) in [6, 6.07) is 5.18. The van der Waals surface area contributed by atoms with E-state index in [-0.39, 0.29) is 24.4 Å². The minimum absolute atomic E-state index is 0.0914. The van der Waals surface area contributed by atoms with E-state index in [9.17, 15) is 9.59 Å². The number of carbonyl (C=O) groups is 2. The van der Waals surface area contributed by atoms with Crippen molar-refractivity contribution in [2.45, 2.75) is 12.3 Å². The number of nitrogens with zero attached hydrogens (tertiary/aromatic N) is 1. The predicted molar refractivity (Wildman–Crippen MR) is 80.0 cm³/mol. The zero-order valence-corrected chi connectivity index (χ0v) is 13.1. The summed E-state index contributed by atoms with van der Waals surface area (Å²) in [6.07, 6.45) is 0. The molecule has 1 saturated heterocycles. The molecule has 0 aliphatic carbocycles. The highest BCUT2D eigenvalue weighted by atomic mass is 35.5. The van der Waals surface area contributed by atoms with Gasteiger partial charge in [0.05, 0.1) is 12.4 Å². The van der Waals surface area contributed by atoms with Crippen molar-refractivity contribution in [1.29, 1.82) is 0 Å². The topological polar surface area (TPSA) is 46.6 Å². The zero-order chi connectivity index (χ0) is 14.7. The van der Waals surface area contributed by atoms with Crippen LogP contribution in [0, 0.1) is 0 Å². The number of ether oxygens (including phenoxy) is 1. The van der Waals surface area contributed by atoms with Crippen LogP contribution in [0.15, 0.2) is 18.2 Å². The van der Waals surface area contributed by atoms with Crippen LogP contribution < -0.4 is 0 Å². The monoisotopic (exact) mass is 333 g/mol. The highest BCUT2D eigenvalue weighted by Gasteiger charge is 2.36. The van der Waals surface area contributed by atoms with Gasteiger partial charge < -0.3 is 9.64 Å². The lowest BCUT2D eigenvalue weighted by Crippen LogP contribution is -2.34. The molecule has 1 fully saturated rings. The third-order valence-electron chi connectivity index (χ3n) is 2.82. The second-order valence-corrected chi connectivity index (χ2v) is 6.01. The van der Waals surface area contributed by atoms with Gasteiger partial charge in [-0.2, -0.15) is 0 Å². The third-order valence-corrected chi connectivity index (χ3v) is 4.70. The first kappa shape index (κ1) is 15.5. The van der Waals surface area contributed by atoms with Gasteiger partial charge in [0.1, 0.15) is 11.9 Å². The molecular weight excluding hydrogens is 321 g/mol. The Hall–Kier alpha value is -0.910. The number of benzene rings is 1. The molecule has 0 saturated carbocycles. The highest BCUT2D eigenvalue weighted by Crippen LogP contribution is 2.44. The number of carbonyl (C=O) groups excluding carboxylic acids is 2. The average Bonchev–Trinajstić information content (AvgIpc) is 2.72. The van der Waals surface area contributed by atoms with Crippen molar-refractivity contribution in [3.8, 4) is 0 Å². The van der Waals surface area contributed by atoms with Crippen LogP contribution in [0.4, 0.5) is 0 Å². The van der Waals surface area contributed by atoms with Gasteiger partial charge in [-0.05, 0) is 19.1 Å². The maximum absolute atomic E-state index is 11.9. The molecule has 0 N–H and O–H groups in total. The molecule has 0 aromatic heterocycles. The van der Waals surface area contributed by atoms with E-state index in [1.54, 1.807) is 25.1 Å². The first-order valence-corrected chi connectivity index (χ1v) is 7.85. The standard InChI is InChI=1S/C13H13Cl2NO3S/c1-2-19-11(18)6-16-10(17)7-20-13(16)12-8(14)4-3-5-9(12)15/h3-5,13H,2,6-7H2,1H3. The van der Waals surface area contributed by atoms with Crippen LogP contribution in [0.25, 0.3) is 0 Å². The average molecular weight is 334 g/mol. The fourth-order valence-electron chi connectivity index (χ4n) is 1.96. The van der Waals surface area contributed by atoms with Crippen LogP contribution >= 0.6 is 35.0 Å². The zero-order valence-electron chi connectivity index (χ0n) is 10.8. The highest BCUT2D eigenvalue weighted by molar-refractivity contribution is 8.00. The Balaban J connectivity index is 2.26. The molecular formula is C13H13Cl2NO3S. The van der Waals surface area contributed by atoms with Crippen LogP contribution in [0.5, 0.6) is 0 Å². The molecule has 0 radical (unpaired) electrons. The van der Waals surface area contributed by atoms with Crippen molar-refractivity contribution in [3.63, 3.8) is 0 Å². The largest absolute Gasteiger partial charge is 0.465 e. The molecule has 1 aromatic rings. The van der Waals surface area contributed by atoms with Gasteiger partial charge >= 0.3 is 5.97 Å². The number of hydrogen-bond acceptors (Lipinski definition) is 4. The summed E-state index contributed by atoms with van der Waals surface area (Å²) in [4.78, 5) is 25.0. The molecule has 1 aliphatic heterocycles. The SMILES string of the molecule is CCOC(=O)CN1C(=O)CSC1c1c(Cl)cccc1Cl. The van der Waals surface area contributed by atoms with E-state index in [0.717, 1.165) is 0 Å². The molecule has 0 spiro atoms. The van der Waals surface area contributed by atoms with Crippen molar-refractivity contribution >= 4 is 46.8 Å². The minimum atomic E-state index is -0.434. The molecule has 1 heterocycles. The van der Waals surface area contributed by atoms with Gasteiger partial charge in [-0.15, -0.1) is 11.8 Å². The number of amides is 1. The molecule has 0 bridgehead atoms. The Morgan fingerprint density at radius 1 is 1.45 bits per heavy atom. The third kappa shape index (κ3) is 3.22. The Morgan fingerprint density at radius 2 is 2.10 bits per heavy atom.